The van der Waals surface area contributed by atoms with Gasteiger partial charge < -0.3 is 14.9 Å². The van der Waals surface area contributed by atoms with Gasteiger partial charge in [-0.15, -0.1) is 0 Å². The van der Waals surface area contributed by atoms with Crippen molar-refractivity contribution < 1.29 is 29.3 Å². The van der Waals surface area contributed by atoms with E-state index in [4.69, 9.17) is 9.84 Å². The molecule has 6 nitrogen and oxygen atoms in total. The Kier molecular flexibility index (Phi) is 17.0. The van der Waals surface area contributed by atoms with E-state index in [0.717, 1.165) is 70.6 Å². The molecule has 0 rings (SSSR count). The van der Waals surface area contributed by atoms with Crippen LogP contribution in [0.3, 0.4) is 0 Å². The van der Waals surface area contributed by atoms with Crippen LogP contribution in [0.5, 0.6) is 0 Å². The molecule has 2 atom stereocenters. The summed E-state index contributed by atoms with van der Waals surface area (Å²) in [5, 5.41) is 17.9. The third-order valence-electron chi connectivity index (χ3n) is 4.99. The molecule has 0 aliphatic carbocycles. The normalized spacial score (nSPS) is 13.3. The molecule has 0 heterocycles. The molecule has 6 heteroatoms. The summed E-state index contributed by atoms with van der Waals surface area (Å²) in [5.41, 5.74) is 0. The van der Waals surface area contributed by atoms with Gasteiger partial charge in [-0.25, -0.2) is 0 Å². The summed E-state index contributed by atoms with van der Waals surface area (Å²) in [6.45, 7) is 4.11. The van der Waals surface area contributed by atoms with E-state index in [9.17, 15) is 19.5 Å². The number of carboxylic acids is 2. The minimum atomic E-state index is -0.968. The highest BCUT2D eigenvalue weighted by atomic mass is 16.5. The zero-order valence-corrected chi connectivity index (χ0v) is 18.2. The van der Waals surface area contributed by atoms with Gasteiger partial charge in [0.2, 0.25) is 0 Å². The second-order valence-electron chi connectivity index (χ2n) is 7.66. The third-order valence-corrected chi connectivity index (χ3v) is 4.99. The highest BCUT2D eigenvalue weighted by Crippen LogP contribution is 2.16. The molecule has 29 heavy (non-hydrogen) atoms. The molecule has 0 aromatic rings. The van der Waals surface area contributed by atoms with Gasteiger partial charge in [-0.05, 0) is 44.9 Å². The maximum absolute atomic E-state index is 12.1. The van der Waals surface area contributed by atoms with Crippen LogP contribution in [-0.2, 0) is 19.1 Å². The highest BCUT2D eigenvalue weighted by Gasteiger charge is 2.22. The SMILES string of the molecule is CCCCCC(CC)OC(=O)CC(C/C=C/CCCCCCCC(=O)O)C(=O)O. The molecule has 0 bridgehead atoms. The second-order valence-corrected chi connectivity index (χ2v) is 7.66. The van der Waals surface area contributed by atoms with Gasteiger partial charge in [0.25, 0.3) is 0 Å². The first kappa shape index (κ1) is 27.1. The minimum absolute atomic E-state index is 0.0898. The lowest BCUT2D eigenvalue weighted by Gasteiger charge is -2.17. The van der Waals surface area contributed by atoms with Gasteiger partial charge >= 0.3 is 17.9 Å². The van der Waals surface area contributed by atoms with Crippen LogP contribution < -0.4 is 0 Å². The van der Waals surface area contributed by atoms with E-state index < -0.39 is 23.8 Å². The number of carboxylic acid groups (broad SMARTS) is 2. The van der Waals surface area contributed by atoms with Crippen molar-refractivity contribution >= 4 is 17.9 Å². The molecule has 0 saturated carbocycles. The third kappa shape index (κ3) is 16.8. The van der Waals surface area contributed by atoms with E-state index in [0.29, 0.717) is 6.42 Å². The van der Waals surface area contributed by atoms with Crippen LogP contribution in [0, 0.1) is 5.92 Å². The number of carbonyl (C=O) groups excluding carboxylic acids is 1. The molecule has 0 aliphatic rings. The highest BCUT2D eigenvalue weighted by molar-refractivity contribution is 5.79. The average Bonchev–Trinajstić information content (AvgIpc) is 2.67. The maximum atomic E-state index is 12.1. The van der Waals surface area contributed by atoms with Crippen molar-refractivity contribution in [2.45, 2.75) is 110 Å². The number of unbranched alkanes of at least 4 members (excludes halogenated alkanes) is 7. The number of aliphatic carboxylic acids is 2. The lowest BCUT2D eigenvalue weighted by molar-refractivity contribution is -0.155. The predicted molar refractivity (Wildman–Crippen MR) is 114 cm³/mol. The van der Waals surface area contributed by atoms with Crippen molar-refractivity contribution in [2.24, 2.45) is 5.92 Å². The van der Waals surface area contributed by atoms with Crippen LogP contribution in [0.1, 0.15) is 104 Å². The van der Waals surface area contributed by atoms with E-state index in [1.54, 1.807) is 0 Å². The van der Waals surface area contributed by atoms with Gasteiger partial charge in [0.05, 0.1) is 12.3 Å². The first-order valence-electron chi connectivity index (χ1n) is 11.2. The summed E-state index contributed by atoms with van der Waals surface area (Å²) in [6.07, 6.45) is 14.6. The molecule has 0 aromatic carbocycles. The van der Waals surface area contributed by atoms with Crippen molar-refractivity contribution in [3.63, 3.8) is 0 Å². The van der Waals surface area contributed by atoms with Crippen molar-refractivity contribution in [3.8, 4) is 0 Å². The lowest BCUT2D eigenvalue weighted by Crippen LogP contribution is -2.23. The predicted octanol–water partition coefficient (Wildman–Crippen LogP) is 5.74. The molecule has 0 fully saturated rings. The smallest absolute Gasteiger partial charge is 0.307 e. The molecule has 0 amide bonds. The van der Waals surface area contributed by atoms with E-state index in [-0.39, 0.29) is 18.9 Å². The summed E-state index contributed by atoms with van der Waals surface area (Å²) < 4.78 is 5.47. The Morgan fingerprint density at radius 2 is 1.59 bits per heavy atom. The number of rotatable bonds is 19. The van der Waals surface area contributed by atoms with Gasteiger partial charge in [0, 0.05) is 6.42 Å². The Hall–Kier alpha value is -1.85. The molecule has 0 aliphatic heterocycles. The van der Waals surface area contributed by atoms with Gasteiger partial charge in [0.15, 0.2) is 0 Å². The van der Waals surface area contributed by atoms with Crippen LogP contribution in [-0.4, -0.2) is 34.2 Å². The van der Waals surface area contributed by atoms with Crippen molar-refractivity contribution in [2.75, 3.05) is 0 Å². The van der Waals surface area contributed by atoms with Crippen molar-refractivity contribution in [3.05, 3.63) is 12.2 Å². The van der Waals surface area contributed by atoms with Gasteiger partial charge in [0.1, 0.15) is 6.10 Å². The lowest BCUT2D eigenvalue weighted by atomic mass is 10.0. The maximum Gasteiger partial charge on any atom is 0.307 e. The van der Waals surface area contributed by atoms with Gasteiger partial charge in [-0.1, -0.05) is 58.1 Å². The summed E-state index contributed by atoms with van der Waals surface area (Å²) in [6, 6.07) is 0. The minimum Gasteiger partial charge on any atom is -0.481 e. The number of hydrogen-bond acceptors (Lipinski definition) is 4. The number of carbonyl (C=O) groups is 3. The monoisotopic (exact) mass is 412 g/mol. The number of allylic oxidation sites excluding steroid dienone is 2. The van der Waals surface area contributed by atoms with E-state index in [1.807, 2.05) is 19.1 Å². The molecule has 0 radical (unpaired) electrons. The zero-order chi connectivity index (χ0) is 21.9. The Morgan fingerprint density at radius 3 is 2.21 bits per heavy atom. The fourth-order valence-corrected chi connectivity index (χ4v) is 3.12. The van der Waals surface area contributed by atoms with E-state index in [2.05, 4.69) is 6.92 Å². The summed E-state index contributed by atoms with van der Waals surface area (Å²) in [4.78, 5) is 34.0. The van der Waals surface area contributed by atoms with E-state index >= 15 is 0 Å². The quantitative estimate of drug-likeness (QED) is 0.159. The average molecular weight is 413 g/mol. The fourth-order valence-electron chi connectivity index (χ4n) is 3.12. The summed E-state index contributed by atoms with van der Waals surface area (Å²) in [7, 11) is 0. The second kappa shape index (κ2) is 18.2. The molecule has 0 spiro atoms. The molecule has 0 aromatic heterocycles. The summed E-state index contributed by atoms with van der Waals surface area (Å²) >= 11 is 0. The molecule has 2 N–H and O–H groups in total. The number of hydrogen-bond donors (Lipinski definition) is 2. The topological polar surface area (TPSA) is 101 Å². The first-order valence-corrected chi connectivity index (χ1v) is 11.2. The Labute approximate surface area is 175 Å². The Balaban J connectivity index is 4.06. The van der Waals surface area contributed by atoms with Crippen LogP contribution in [0.25, 0.3) is 0 Å². The standard InChI is InChI=1S/C23H40O6/c1-3-5-12-16-20(4-2)29-22(26)18-19(23(27)28)15-13-10-8-6-7-9-11-14-17-21(24)25/h10,13,19-20H,3-9,11-12,14-18H2,1-2H3,(H,24,25)(H,27,28)/b13-10+. The molecular weight excluding hydrogens is 372 g/mol. The van der Waals surface area contributed by atoms with E-state index in [1.165, 1.54) is 0 Å². The molecule has 0 saturated heterocycles. The summed E-state index contributed by atoms with van der Waals surface area (Å²) in [5.74, 6) is -2.88. The van der Waals surface area contributed by atoms with Crippen molar-refractivity contribution in [1.82, 2.24) is 0 Å². The largest absolute Gasteiger partial charge is 0.481 e. The van der Waals surface area contributed by atoms with Crippen LogP contribution in [0.15, 0.2) is 12.2 Å². The van der Waals surface area contributed by atoms with Crippen LogP contribution in [0.2, 0.25) is 0 Å². The first-order chi connectivity index (χ1) is 13.9. The number of ether oxygens (including phenoxy) is 1. The Morgan fingerprint density at radius 1 is 0.897 bits per heavy atom. The molecule has 168 valence electrons. The van der Waals surface area contributed by atoms with Crippen LogP contribution in [0.4, 0.5) is 0 Å². The van der Waals surface area contributed by atoms with Crippen molar-refractivity contribution in [1.29, 1.82) is 0 Å². The molecular formula is C23H40O6. The van der Waals surface area contributed by atoms with Crippen LogP contribution >= 0.6 is 0 Å². The zero-order valence-electron chi connectivity index (χ0n) is 18.2. The van der Waals surface area contributed by atoms with Gasteiger partial charge in [-0.3, -0.25) is 14.4 Å². The molecule has 2 unspecified atom stereocenters. The Bertz CT molecular complexity index is 486. The fraction of sp³-hybridized carbons (Fsp3) is 0.783. The van der Waals surface area contributed by atoms with Gasteiger partial charge in [-0.2, -0.15) is 0 Å². The number of esters is 1.